The molecule has 0 fully saturated rings. The Hall–Kier alpha value is -2.19. The summed E-state index contributed by atoms with van der Waals surface area (Å²) >= 11 is 0. The van der Waals surface area contributed by atoms with E-state index in [-0.39, 0.29) is 56.0 Å². The van der Waals surface area contributed by atoms with Gasteiger partial charge in [0.15, 0.2) is 0 Å². The van der Waals surface area contributed by atoms with Crippen molar-refractivity contribution in [2.24, 2.45) is 11.3 Å². The summed E-state index contributed by atoms with van der Waals surface area (Å²) in [5.74, 6) is -1.41. The van der Waals surface area contributed by atoms with Crippen molar-refractivity contribution in [1.29, 1.82) is 0 Å². The van der Waals surface area contributed by atoms with Crippen LogP contribution >= 0.6 is 0 Å². The van der Waals surface area contributed by atoms with Gasteiger partial charge in [-0.15, -0.1) is 13.2 Å². The lowest BCUT2D eigenvalue weighted by Crippen LogP contribution is -2.49. The van der Waals surface area contributed by atoms with E-state index < -0.39 is 12.0 Å². The van der Waals surface area contributed by atoms with E-state index in [1.54, 1.807) is 6.08 Å². The van der Waals surface area contributed by atoms with Gasteiger partial charge < -0.3 is 25.2 Å². The third kappa shape index (κ3) is 14.8. The highest BCUT2D eigenvalue weighted by Gasteiger charge is 2.30. The fourth-order valence-electron chi connectivity index (χ4n) is 2.81. The molecule has 0 radical (unpaired) electrons. The molecule has 0 aromatic heterocycles. The highest BCUT2D eigenvalue weighted by atomic mass is 16.5. The first-order valence-corrected chi connectivity index (χ1v) is 11.3. The molecule has 0 aromatic carbocycles. The number of carbonyl (C=O) groups is 3. The summed E-state index contributed by atoms with van der Waals surface area (Å²) in [6.07, 6.45) is 6.61. The fraction of sp³-hybridized carbons (Fsp3) is 0.708. The zero-order chi connectivity index (χ0) is 24.4. The summed E-state index contributed by atoms with van der Waals surface area (Å²) < 4.78 is 10.5. The number of aliphatic hydroxyl groups excluding tert-OH is 1. The van der Waals surface area contributed by atoms with Gasteiger partial charge in [-0.1, -0.05) is 32.9 Å². The Kier molecular flexibility index (Phi) is 16.2. The number of esters is 1. The Morgan fingerprint density at radius 1 is 1.09 bits per heavy atom. The Bertz CT molecular complexity index is 586. The summed E-state index contributed by atoms with van der Waals surface area (Å²) in [7, 11) is 0. The van der Waals surface area contributed by atoms with Crippen LogP contribution in [-0.2, 0) is 23.9 Å². The van der Waals surface area contributed by atoms with E-state index in [2.05, 4.69) is 23.8 Å². The topological polar surface area (TPSA) is 114 Å². The van der Waals surface area contributed by atoms with Crippen LogP contribution in [0.4, 0.5) is 0 Å². The molecule has 0 spiro atoms. The molecule has 0 rings (SSSR count). The van der Waals surface area contributed by atoms with Crippen molar-refractivity contribution >= 4 is 17.8 Å². The van der Waals surface area contributed by atoms with Gasteiger partial charge >= 0.3 is 5.97 Å². The van der Waals surface area contributed by atoms with Crippen molar-refractivity contribution in [1.82, 2.24) is 10.6 Å². The summed E-state index contributed by atoms with van der Waals surface area (Å²) in [5, 5.41) is 14.3. The molecule has 0 bridgehead atoms. The number of hydrogen-bond acceptors (Lipinski definition) is 6. The zero-order valence-electron chi connectivity index (χ0n) is 20.0. The standard InChI is InChI=1S/C24H42N2O6/c1-6-8-9-10-12-22(29)32-18-20(24(3,4)5)26-23(30)19(11-7-2)17-21(28)25-13-15-31-16-14-27/h6-7,19-20,27H,1-2,8-18H2,3-5H3,(H,25,28)(H,26,30)/t19-,20-/m1/s1. The van der Waals surface area contributed by atoms with Gasteiger partial charge in [-0.05, 0) is 31.1 Å². The van der Waals surface area contributed by atoms with E-state index in [4.69, 9.17) is 14.6 Å². The first kappa shape index (κ1) is 29.8. The highest BCUT2D eigenvalue weighted by Crippen LogP contribution is 2.21. The van der Waals surface area contributed by atoms with E-state index in [1.165, 1.54) is 0 Å². The largest absolute Gasteiger partial charge is 0.463 e. The molecule has 2 amide bonds. The van der Waals surface area contributed by atoms with Gasteiger partial charge in [-0.3, -0.25) is 14.4 Å². The van der Waals surface area contributed by atoms with E-state index in [0.29, 0.717) is 19.4 Å². The van der Waals surface area contributed by atoms with Gasteiger partial charge in [0, 0.05) is 19.4 Å². The Balaban J connectivity index is 4.74. The van der Waals surface area contributed by atoms with Gasteiger partial charge in [0.1, 0.15) is 6.61 Å². The monoisotopic (exact) mass is 454 g/mol. The molecular formula is C24H42N2O6. The van der Waals surface area contributed by atoms with Crippen molar-refractivity contribution in [2.45, 2.75) is 65.3 Å². The number of rotatable bonds is 18. The molecular weight excluding hydrogens is 412 g/mol. The molecule has 0 heterocycles. The van der Waals surface area contributed by atoms with Crippen LogP contribution in [0.5, 0.6) is 0 Å². The molecule has 0 unspecified atom stereocenters. The summed E-state index contributed by atoms with van der Waals surface area (Å²) in [6.45, 7) is 14.0. The van der Waals surface area contributed by atoms with Crippen LogP contribution in [-0.4, -0.2) is 61.9 Å². The molecule has 3 N–H and O–H groups in total. The first-order chi connectivity index (χ1) is 15.1. The van der Waals surface area contributed by atoms with Gasteiger partial charge in [0.2, 0.25) is 11.8 Å². The van der Waals surface area contributed by atoms with Crippen LogP contribution in [0.25, 0.3) is 0 Å². The molecule has 0 aliphatic rings. The Labute approximate surface area is 192 Å². The second kappa shape index (κ2) is 17.4. The van der Waals surface area contributed by atoms with Crippen molar-refractivity contribution in [3.63, 3.8) is 0 Å². The molecule has 184 valence electrons. The minimum Gasteiger partial charge on any atom is -0.463 e. The van der Waals surface area contributed by atoms with Crippen molar-refractivity contribution in [3.8, 4) is 0 Å². The molecule has 2 atom stereocenters. The maximum absolute atomic E-state index is 12.9. The molecule has 8 nitrogen and oxygen atoms in total. The van der Waals surface area contributed by atoms with E-state index in [9.17, 15) is 14.4 Å². The van der Waals surface area contributed by atoms with Crippen LogP contribution < -0.4 is 10.6 Å². The third-order valence-electron chi connectivity index (χ3n) is 4.87. The number of aliphatic hydroxyl groups is 1. The number of ether oxygens (including phenoxy) is 2. The Morgan fingerprint density at radius 2 is 1.81 bits per heavy atom. The fourth-order valence-corrected chi connectivity index (χ4v) is 2.81. The number of allylic oxidation sites excluding steroid dienone is 2. The second-order valence-corrected chi connectivity index (χ2v) is 8.76. The lowest BCUT2D eigenvalue weighted by molar-refractivity contribution is -0.146. The molecule has 0 saturated heterocycles. The quantitative estimate of drug-likeness (QED) is 0.167. The number of hydrogen-bond donors (Lipinski definition) is 3. The SMILES string of the molecule is C=CCCCCC(=O)OC[C@@H](NC(=O)[C@H](CC=C)CC(=O)NCCOCCO)C(C)(C)C. The van der Waals surface area contributed by atoms with Crippen LogP contribution in [0.2, 0.25) is 0 Å². The summed E-state index contributed by atoms with van der Waals surface area (Å²) in [5.41, 5.74) is -0.343. The molecule has 0 aromatic rings. The third-order valence-corrected chi connectivity index (χ3v) is 4.87. The smallest absolute Gasteiger partial charge is 0.305 e. The lowest BCUT2D eigenvalue weighted by Gasteiger charge is -2.32. The van der Waals surface area contributed by atoms with Crippen molar-refractivity contribution in [3.05, 3.63) is 25.3 Å². The predicted octanol–water partition coefficient (Wildman–Crippen LogP) is 2.51. The van der Waals surface area contributed by atoms with E-state index in [1.807, 2.05) is 26.8 Å². The second-order valence-electron chi connectivity index (χ2n) is 8.76. The maximum atomic E-state index is 12.9. The lowest BCUT2D eigenvalue weighted by atomic mass is 9.86. The average molecular weight is 455 g/mol. The van der Waals surface area contributed by atoms with Gasteiger partial charge in [-0.25, -0.2) is 0 Å². The van der Waals surface area contributed by atoms with Crippen LogP contribution in [0, 0.1) is 11.3 Å². The van der Waals surface area contributed by atoms with Crippen molar-refractivity contribution in [2.75, 3.05) is 33.0 Å². The molecule has 32 heavy (non-hydrogen) atoms. The van der Waals surface area contributed by atoms with Gasteiger partial charge in [0.25, 0.3) is 0 Å². The zero-order valence-corrected chi connectivity index (χ0v) is 20.0. The van der Waals surface area contributed by atoms with Crippen LogP contribution in [0.15, 0.2) is 25.3 Å². The Morgan fingerprint density at radius 3 is 2.41 bits per heavy atom. The average Bonchev–Trinajstić information content (AvgIpc) is 2.72. The van der Waals surface area contributed by atoms with Crippen LogP contribution in [0.3, 0.4) is 0 Å². The number of amides is 2. The van der Waals surface area contributed by atoms with E-state index >= 15 is 0 Å². The predicted molar refractivity (Wildman–Crippen MR) is 125 cm³/mol. The number of carbonyl (C=O) groups excluding carboxylic acids is 3. The normalized spacial score (nSPS) is 13.0. The summed E-state index contributed by atoms with van der Waals surface area (Å²) in [4.78, 5) is 37.1. The molecule has 8 heteroatoms. The minimum atomic E-state index is -0.578. The van der Waals surface area contributed by atoms with Gasteiger partial charge in [0.05, 0.1) is 31.8 Å². The van der Waals surface area contributed by atoms with Gasteiger partial charge in [-0.2, -0.15) is 0 Å². The molecule has 0 aliphatic carbocycles. The first-order valence-electron chi connectivity index (χ1n) is 11.3. The van der Waals surface area contributed by atoms with Crippen molar-refractivity contribution < 1.29 is 29.0 Å². The minimum absolute atomic E-state index is 0.0117. The molecule has 0 aliphatic heterocycles. The molecule has 0 saturated carbocycles. The summed E-state index contributed by atoms with van der Waals surface area (Å²) in [6, 6.07) is -0.394. The highest BCUT2D eigenvalue weighted by molar-refractivity contribution is 5.86. The van der Waals surface area contributed by atoms with E-state index in [0.717, 1.165) is 19.3 Å². The maximum Gasteiger partial charge on any atom is 0.305 e. The number of nitrogens with one attached hydrogen (secondary N) is 2. The number of unbranched alkanes of at least 4 members (excludes halogenated alkanes) is 2. The van der Waals surface area contributed by atoms with Crippen LogP contribution in [0.1, 0.15) is 59.3 Å².